The summed E-state index contributed by atoms with van der Waals surface area (Å²) in [5, 5.41) is 3.59. The molecule has 3 aromatic rings. The fourth-order valence-corrected chi connectivity index (χ4v) is 5.76. The first kappa shape index (κ1) is 26.9. The van der Waals surface area contributed by atoms with Gasteiger partial charge in [0.15, 0.2) is 5.69 Å². The Morgan fingerprint density at radius 2 is 1.67 bits per heavy atom. The molecule has 5 rings (SSSR count). The Bertz CT molecular complexity index is 1310. The first-order valence-corrected chi connectivity index (χ1v) is 13.2. The fourth-order valence-electron chi connectivity index (χ4n) is 5.76. The summed E-state index contributed by atoms with van der Waals surface area (Å²) in [7, 11) is 0. The van der Waals surface area contributed by atoms with Gasteiger partial charge in [0.1, 0.15) is 6.54 Å². The molecule has 0 saturated carbocycles. The molecule has 2 bridgehead atoms. The van der Waals surface area contributed by atoms with Gasteiger partial charge in [0.2, 0.25) is 11.8 Å². The van der Waals surface area contributed by atoms with Gasteiger partial charge in [-0.3, -0.25) is 19.2 Å². The van der Waals surface area contributed by atoms with Crippen molar-refractivity contribution in [1.82, 2.24) is 19.6 Å². The number of rotatable bonds is 4. The van der Waals surface area contributed by atoms with Gasteiger partial charge in [-0.2, -0.15) is 18.3 Å². The molecule has 1 aromatic heterocycles. The zero-order chi connectivity index (χ0) is 27.6. The lowest BCUT2D eigenvalue weighted by Crippen LogP contribution is -2.45. The van der Waals surface area contributed by atoms with Gasteiger partial charge in [0.25, 0.3) is 0 Å². The summed E-state index contributed by atoms with van der Waals surface area (Å²) >= 11 is 0. The third-order valence-electron chi connectivity index (χ3n) is 7.70. The van der Waals surface area contributed by atoms with Crippen LogP contribution >= 0.6 is 0 Å². The van der Waals surface area contributed by atoms with Crippen LogP contribution in [0.15, 0.2) is 66.9 Å². The number of para-hydroxylation sites is 1. The molecule has 3 heterocycles. The van der Waals surface area contributed by atoms with E-state index in [0.717, 1.165) is 47.8 Å². The van der Waals surface area contributed by atoms with Crippen LogP contribution in [0.1, 0.15) is 43.0 Å². The Balaban J connectivity index is 1.48. The van der Waals surface area contributed by atoms with Gasteiger partial charge in [0.05, 0.1) is 0 Å². The number of hydrogen-bond donors (Lipinski definition) is 0. The van der Waals surface area contributed by atoms with Crippen molar-refractivity contribution in [1.29, 1.82) is 0 Å². The number of nitrogens with zero attached hydrogens (tertiary/aromatic N) is 5. The molecule has 2 amide bonds. The van der Waals surface area contributed by atoms with Crippen LogP contribution in [0.3, 0.4) is 0 Å². The lowest BCUT2D eigenvalue weighted by molar-refractivity contribution is -0.142. The zero-order valence-corrected chi connectivity index (χ0v) is 21.8. The highest BCUT2D eigenvalue weighted by atomic mass is 19.4. The van der Waals surface area contributed by atoms with Crippen molar-refractivity contribution in [3.63, 3.8) is 0 Å². The molecular formula is C29H32F3N5O2. The molecule has 2 aromatic carbocycles. The van der Waals surface area contributed by atoms with E-state index < -0.39 is 11.9 Å². The average Bonchev–Trinajstić information content (AvgIpc) is 3.51. The van der Waals surface area contributed by atoms with E-state index in [2.05, 4.69) is 22.1 Å². The van der Waals surface area contributed by atoms with Crippen molar-refractivity contribution < 1.29 is 22.8 Å². The summed E-state index contributed by atoms with van der Waals surface area (Å²) in [4.78, 5) is 32.3. The van der Waals surface area contributed by atoms with Crippen LogP contribution in [-0.2, 0) is 35.4 Å². The van der Waals surface area contributed by atoms with Crippen molar-refractivity contribution in [3.05, 3.63) is 83.7 Å². The van der Waals surface area contributed by atoms with E-state index in [9.17, 15) is 22.8 Å². The van der Waals surface area contributed by atoms with Crippen LogP contribution < -0.4 is 4.90 Å². The molecule has 2 aliphatic heterocycles. The van der Waals surface area contributed by atoms with E-state index >= 15 is 0 Å². The SMILES string of the molecule is CC(=O)N1CC[C@@H]2CC[C@H](CN(C(=O)Cn3ccc(C(F)(F)F)n3)Cc3ccccc31)N2Cc1ccccc1. The average molecular weight is 540 g/mol. The van der Waals surface area contributed by atoms with Crippen molar-refractivity contribution in [2.45, 2.75) is 64.1 Å². The molecule has 7 nitrogen and oxygen atoms in total. The highest BCUT2D eigenvalue weighted by molar-refractivity contribution is 5.92. The number of anilines is 1. The topological polar surface area (TPSA) is 61.7 Å². The third-order valence-corrected chi connectivity index (χ3v) is 7.70. The summed E-state index contributed by atoms with van der Waals surface area (Å²) in [5.74, 6) is -0.390. The Kier molecular flexibility index (Phi) is 7.74. The number of amides is 2. The van der Waals surface area contributed by atoms with E-state index in [-0.39, 0.29) is 37.0 Å². The van der Waals surface area contributed by atoms with Crippen molar-refractivity contribution >= 4 is 17.5 Å². The van der Waals surface area contributed by atoms with Gasteiger partial charge in [-0.1, -0.05) is 48.5 Å². The molecule has 0 N–H and O–H groups in total. The number of carbonyl (C=O) groups is 2. The van der Waals surface area contributed by atoms with Gasteiger partial charge in [-0.15, -0.1) is 0 Å². The van der Waals surface area contributed by atoms with Gasteiger partial charge in [-0.05, 0) is 42.5 Å². The quantitative estimate of drug-likeness (QED) is 0.482. The standard InChI is InChI=1S/C29H32F3N5O2/c1-21(38)36-16-13-24-11-12-25(37(24)17-22-7-3-2-4-8-22)19-34(18-23-9-5-6-10-26(23)36)28(39)20-35-15-14-27(33-35)29(30,31)32/h2-10,14-15,24-25H,11-13,16-20H2,1H3/t24-,25+/m0/s1. The van der Waals surface area contributed by atoms with Gasteiger partial charge in [-0.25, -0.2) is 0 Å². The number of hydrogen-bond acceptors (Lipinski definition) is 4. The molecule has 39 heavy (non-hydrogen) atoms. The molecule has 0 aliphatic carbocycles. The van der Waals surface area contributed by atoms with E-state index in [0.29, 0.717) is 13.1 Å². The number of carbonyl (C=O) groups excluding carboxylic acids is 2. The largest absolute Gasteiger partial charge is 0.435 e. The minimum absolute atomic E-state index is 0.0695. The molecule has 0 spiro atoms. The highest BCUT2D eigenvalue weighted by Gasteiger charge is 2.37. The Hall–Kier alpha value is -3.66. The molecule has 0 unspecified atom stereocenters. The summed E-state index contributed by atoms with van der Waals surface area (Å²) in [6.07, 6.45) is -0.746. The first-order chi connectivity index (χ1) is 18.7. The normalized spacial score (nSPS) is 20.4. The molecule has 0 radical (unpaired) electrons. The Morgan fingerprint density at radius 3 is 2.38 bits per heavy atom. The maximum Gasteiger partial charge on any atom is 0.435 e. The van der Waals surface area contributed by atoms with Crippen LogP contribution in [0.2, 0.25) is 0 Å². The lowest BCUT2D eigenvalue weighted by atomic mass is 10.1. The Labute approximate surface area is 225 Å². The number of fused-ring (bicyclic) bond motifs is 3. The van der Waals surface area contributed by atoms with Gasteiger partial charge in [0, 0.05) is 57.1 Å². The van der Waals surface area contributed by atoms with E-state index in [1.807, 2.05) is 42.5 Å². The number of alkyl halides is 3. The van der Waals surface area contributed by atoms with Crippen molar-refractivity contribution in [2.24, 2.45) is 0 Å². The van der Waals surface area contributed by atoms with E-state index in [1.165, 1.54) is 11.8 Å². The first-order valence-electron chi connectivity index (χ1n) is 13.2. The van der Waals surface area contributed by atoms with Crippen LogP contribution in [0.5, 0.6) is 0 Å². The summed E-state index contributed by atoms with van der Waals surface area (Å²) in [6, 6.07) is 18.9. The number of halogens is 3. The smallest absolute Gasteiger partial charge is 0.335 e. The molecule has 1 saturated heterocycles. The minimum Gasteiger partial charge on any atom is -0.335 e. The summed E-state index contributed by atoms with van der Waals surface area (Å²) in [5.41, 5.74) is 1.73. The van der Waals surface area contributed by atoms with Crippen LogP contribution in [0, 0.1) is 0 Å². The van der Waals surface area contributed by atoms with E-state index in [4.69, 9.17) is 0 Å². The predicted molar refractivity (Wildman–Crippen MR) is 141 cm³/mol. The number of aromatic nitrogens is 2. The highest BCUT2D eigenvalue weighted by Crippen LogP contribution is 2.33. The monoisotopic (exact) mass is 539 g/mol. The summed E-state index contributed by atoms with van der Waals surface area (Å²) in [6.45, 7) is 3.21. The number of benzene rings is 2. The minimum atomic E-state index is -4.57. The molecule has 1 fully saturated rings. The second-order valence-corrected chi connectivity index (χ2v) is 10.3. The molecule has 10 heteroatoms. The summed E-state index contributed by atoms with van der Waals surface area (Å²) < 4.78 is 40.3. The maximum atomic E-state index is 13.6. The van der Waals surface area contributed by atoms with Crippen LogP contribution in [0.4, 0.5) is 18.9 Å². The van der Waals surface area contributed by atoms with Crippen LogP contribution in [0.25, 0.3) is 0 Å². The zero-order valence-electron chi connectivity index (χ0n) is 21.8. The fraction of sp³-hybridized carbons (Fsp3) is 0.414. The Morgan fingerprint density at radius 1 is 0.949 bits per heavy atom. The lowest BCUT2D eigenvalue weighted by Gasteiger charge is -2.34. The maximum absolute atomic E-state index is 13.6. The van der Waals surface area contributed by atoms with E-state index in [1.54, 1.807) is 16.7 Å². The molecule has 206 valence electrons. The van der Waals surface area contributed by atoms with Crippen molar-refractivity contribution in [3.8, 4) is 0 Å². The molecule has 2 aliphatic rings. The van der Waals surface area contributed by atoms with Gasteiger partial charge >= 0.3 is 6.18 Å². The second kappa shape index (κ2) is 11.2. The third kappa shape index (κ3) is 6.16. The predicted octanol–water partition coefficient (Wildman–Crippen LogP) is 4.72. The molecule has 2 atom stereocenters. The van der Waals surface area contributed by atoms with Gasteiger partial charge < -0.3 is 9.80 Å². The van der Waals surface area contributed by atoms with Crippen molar-refractivity contribution in [2.75, 3.05) is 18.0 Å². The molecular weight excluding hydrogens is 507 g/mol. The second-order valence-electron chi connectivity index (χ2n) is 10.3. The van der Waals surface area contributed by atoms with Crippen LogP contribution in [-0.4, -0.2) is 56.6 Å².